The molecule has 16 heavy (non-hydrogen) atoms. The van der Waals surface area contributed by atoms with Crippen LogP contribution in [0.1, 0.15) is 0 Å². The van der Waals surface area contributed by atoms with Crippen molar-refractivity contribution in [1.29, 1.82) is 0 Å². The highest BCUT2D eigenvalue weighted by atomic mass is 127. The van der Waals surface area contributed by atoms with Crippen LogP contribution in [-0.2, 0) is 10.0 Å². The number of benzene rings is 1. The smallest absolute Gasteiger partial charge is 0.271 e. The summed E-state index contributed by atoms with van der Waals surface area (Å²) in [5.74, 6) is 0. The lowest BCUT2D eigenvalue weighted by atomic mass is 10.3. The Hall–Kier alpha value is -0.600. The standard InChI is InChI=1S/C10H8INO2S2/c11-8-3-5-9(6-4-8)12-16(13,14)10-2-1-7-15-10/h1-7,12H. The van der Waals surface area contributed by atoms with Gasteiger partial charge in [-0.25, -0.2) is 8.42 Å². The Balaban J connectivity index is 2.25. The molecule has 0 aliphatic carbocycles. The maximum Gasteiger partial charge on any atom is 0.271 e. The second kappa shape index (κ2) is 4.72. The topological polar surface area (TPSA) is 46.2 Å². The van der Waals surface area contributed by atoms with Crippen LogP contribution >= 0.6 is 33.9 Å². The molecule has 2 aromatic rings. The fraction of sp³-hybridized carbons (Fsp3) is 0. The van der Waals surface area contributed by atoms with Crippen LogP contribution < -0.4 is 4.72 Å². The van der Waals surface area contributed by atoms with Gasteiger partial charge in [-0.3, -0.25) is 4.72 Å². The van der Waals surface area contributed by atoms with E-state index in [1.807, 2.05) is 12.1 Å². The van der Waals surface area contributed by atoms with Gasteiger partial charge in [-0.15, -0.1) is 11.3 Å². The van der Waals surface area contributed by atoms with E-state index >= 15 is 0 Å². The van der Waals surface area contributed by atoms with E-state index in [0.717, 1.165) is 3.57 Å². The van der Waals surface area contributed by atoms with Gasteiger partial charge in [0, 0.05) is 9.26 Å². The molecule has 0 saturated carbocycles. The van der Waals surface area contributed by atoms with E-state index in [4.69, 9.17) is 0 Å². The Morgan fingerprint density at radius 1 is 1.12 bits per heavy atom. The van der Waals surface area contributed by atoms with Crippen molar-refractivity contribution in [3.05, 3.63) is 45.3 Å². The van der Waals surface area contributed by atoms with Crippen molar-refractivity contribution in [2.24, 2.45) is 0 Å². The van der Waals surface area contributed by atoms with Gasteiger partial charge in [0.2, 0.25) is 0 Å². The van der Waals surface area contributed by atoms with Crippen molar-refractivity contribution in [3.8, 4) is 0 Å². The third-order valence-corrected chi connectivity index (χ3v) is 5.35. The molecule has 84 valence electrons. The highest BCUT2D eigenvalue weighted by Gasteiger charge is 2.14. The van der Waals surface area contributed by atoms with Crippen molar-refractivity contribution < 1.29 is 8.42 Å². The minimum absolute atomic E-state index is 0.325. The van der Waals surface area contributed by atoms with Crippen LogP contribution in [0.15, 0.2) is 46.0 Å². The molecule has 0 saturated heterocycles. The van der Waals surface area contributed by atoms with Gasteiger partial charge >= 0.3 is 0 Å². The van der Waals surface area contributed by atoms with Gasteiger partial charge in [0.05, 0.1) is 0 Å². The van der Waals surface area contributed by atoms with Crippen molar-refractivity contribution in [3.63, 3.8) is 0 Å². The zero-order chi connectivity index (χ0) is 11.6. The summed E-state index contributed by atoms with van der Waals surface area (Å²) in [6.07, 6.45) is 0. The summed E-state index contributed by atoms with van der Waals surface area (Å²) >= 11 is 3.37. The van der Waals surface area contributed by atoms with Gasteiger partial charge in [0.25, 0.3) is 10.0 Å². The lowest BCUT2D eigenvalue weighted by molar-refractivity contribution is 0.603. The number of thiophene rings is 1. The minimum Gasteiger partial charge on any atom is -0.279 e. The molecule has 6 heteroatoms. The predicted octanol–water partition coefficient (Wildman–Crippen LogP) is 3.15. The molecule has 0 fully saturated rings. The molecule has 3 nitrogen and oxygen atoms in total. The Bertz CT molecular complexity index is 561. The first-order valence-corrected chi connectivity index (χ1v) is 7.84. The van der Waals surface area contributed by atoms with E-state index < -0.39 is 10.0 Å². The maximum atomic E-state index is 11.8. The number of hydrogen-bond donors (Lipinski definition) is 1. The highest BCUT2D eigenvalue weighted by Crippen LogP contribution is 2.20. The Labute approximate surface area is 112 Å². The lowest BCUT2D eigenvalue weighted by Gasteiger charge is -2.05. The molecule has 0 amide bonds. The van der Waals surface area contributed by atoms with Gasteiger partial charge < -0.3 is 0 Å². The second-order valence-electron chi connectivity index (χ2n) is 3.04. The molecule has 1 aromatic carbocycles. The summed E-state index contributed by atoms with van der Waals surface area (Å²) in [6.45, 7) is 0. The summed E-state index contributed by atoms with van der Waals surface area (Å²) < 4.78 is 27.6. The number of halogens is 1. The Morgan fingerprint density at radius 3 is 2.38 bits per heavy atom. The quantitative estimate of drug-likeness (QED) is 0.850. The van der Waals surface area contributed by atoms with E-state index in [9.17, 15) is 8.42 Å². The van der Waals surface area contributed by atoms with Gasteiger partial charge in [-0.1, -0.05) is 6.07 Å². The van der Waals surface area contributed by atoms with Crippen LogP contribution in [0.5, 0.6) is 0 Å². The molecule has 1 aromatic heterocycles. The summed E-state index contributed by atoms with van der Waals surface area (Å²) in [6, 6.07) is 10.5. The number of sulfonamides is 1. The molecule has 0 atom stereocenters. The molecule has 1 heterocycles. The summed E-state index contributed by atoms with van der Waals surface area (Å²) in [5.41, 5.74) is 0.578. The van der Waals surface area contributed by atoms with Crippen molar-refractivity contribution in [1.82, 2.24) is 0 Å². The zero-order valence-corrected chi connectivity index (χ0v) is 11.8. The summed E-state index contributed by atoms with van der Waals surface area (Å²) in [7, 11) is -3.42. The predicted molar refractivity (Wildman–Crippen MR) is 74.3 cm³/mol. The maximum absolute atomic E-state index is 11.8. The molecular formula is C10H8INO2S2. The van der Waals surface area contributed by atoms with Crippen LogP contribution in [0.4, 0.5) is 5.69 Å². The van der Waals surface area contributed by atoms with Crippen molar-refractivity contribution >= 4 is 49.6 Å². The molecule has 2 rings (SSSR count). The first-order valence-electron chi connectivity index (χ1n) is 4.40. The van der Waals surface area contributed by atoms with Crippen LogP contribution in [0, 0.1) is 3.57 Å². The SMILES string of the molecule is O=S(=O)(Nc1ccc(I)cc1)c1cccs1. The fourth-order valence-electron chi connectivity index (χ4n) is 1.14. The van der Waals surface area contributed by atoms with Crippen molar-refractivity contribution in [2.75, 3.05) is 4.72 Å². The number of anilines is 1. The minimum atomic E-state index is -3.42. The highest BCUT2D eigenvalue weighted by molar-refractivity contribution is 14.1. The molecule has 0 radical (unpaired) electrons. The third-order valence-electron chi connectivity index (χ3n) is 1.86. The van der Waals surface area contributed by atoms with E-state index in [1.165, 1.54) is 11.3 Å². The third kappa shape index (κ3) is 2.74. The van der Waals surface area contributed by atoms with E-state index in [-0.39, 0.29) is 0 Å². The number of hydrogen-bond acceptors (Lipinski definition) is 3. The van der Waals surface area contributed by atoms with Gasteiger partial charge in [0.1, 0.15) is 4.21 Å². The molecule has 0 spiro atoms. The van der Waals surface area contributed by atoms with E-state index in [0.29, 0.717) is 9.90 Å². The molecule has 0 bridgehead atoms. The summed E-state index contributed by atoms with van der Waals surface area (Å²) in [4.78, 5) is 0. The number of nitrogens with one attached hydrogen (secondary N) is 1. The lowest BCUT2D eigenvalue weighted by Crippen LogP contribution is -2.11. The largest absolute Gasteiger partial charge is 0.279 e. The average Bonchev–Trinajstić information content (AvgIpc) is 2.75. The second-order valence-corrected chi connectivity index (χ2v) is 7.15. The van der Waals surface area contributed by atoms with Crippen LogP contribution in [0.25, 0.3) is 0 Å². The first kappa shape index (κ1) is 11.9. The Kier molecular flexibility index (Phi) is 3.50. The molecular weight excluding hydrogens is 357 g/mol. The first-order chi connectivity index (χ1) is 7.58. The van der Waals surface area contributed by atoms with E-state index in [2.05, 4.69) is 27.3 Å². The zero-order valence-electron chi connectivity index (χ0n) is 8.05. The monoisotopic (exact) mass is 365 g/mol. The molecule has 0 aliphatic heterocycles. The average molecular weight is 365 g/mol. The van der Waals surface area contributed by atoms with Crippen LogP contribution in [-0.4, -0.2) is 8.42 Å². The molecule has 0 aliphatic rings. The van der Waals surface area contributed by atoms with Gasteiger partial charge in [-0.05, 0) is 58.3 Å². The summed E-state index contributed by atoms with van der Waals surface area (Å²) in [5, 5.41) is 1.74. The fourth-order valence-corrected chi connectivity index (χ4v) is 3.55. The normalized spacial score (nSPS) is 11.3. The van der Waals surface area contributed by atoms with Crippen molar-refractivity contribution in [2.45, 2.75) is 4.21 Å². The van der Waals surface area contributed by atoms with Crippen LogP contribution in [0.2, 0.25) is 0 Å². The van der Waals surface area contributed by atoms with Crippen LogP contribution in [0.3, 0.4) is 0 Å². The Morgan fingerprint density at radius 2 is 1.81 bits per heavy atom. The number of rotatable bonds is 3. The molecule has 1 N–H and O–H groups in total. The molecule has 0 unspecified atom stereocenters. The van der Waals surface area contributed by atoms with Gasteiger partial charge in [0.15, 0.2) is 0 Å². The van der Waals surface area contributed by atoms with E-state index in [1.54, 1.807) is 29.6 Å². The van der Waals surface area contributed by atoms with Gasteiger partial charge in [-0.2, -0.15) is 0 Å².